The molecule has 5 nitrogen and oxygen atoms in total. The van der Waals surface area contributed by atoms with Crippen LogP contribution in [-0.2, 0) is 6.54 Å². The maximum Gasteiger partial charge on any atom is 0.401 e. The predicted octanol–water partition coefficient (Wildman–Crippen LogP) is 1.65. The molecule has 0 saturated heterocycles. The molecule has 0 atom stereocenters. The van der Waals surface area contributed by atoms with Crippen molar-refractivity contribution in [2.24, 2.45) is 0 Å². The summed E-state index contributed by atoms with van der Waals surface area (Å²) < 4.78 is 35.8. The SMILES string of the molecule is CNc1ccc2[nH]c(CNCC(F)(F)F)nc2n1. The van der Waals surface area contributed by atoms with E-state index in [2.05, 4.69) is 25.6 Å². The van der Waals surface area contributed by atoms with Gasteiger partial charge in [-0.2, -0.15) is 13.2 Å². The highest BCUT2D eigenvalue weighted by molar-refractivity contribution is 5.72. The molecule has 0 aliphatic heterocycles. The highest BCUT2D eigenvalue weighted by Gasteiger charge is 2.26. The van der Waals surface area contributed by atoms with Gasteiger partial charge in [0.05, 0.1) is 18.6 Å². The van der Waals surface area contributed by atoms with E-state index in [1.807, 2.05) is 0 Å². The number of halogens is 3. The number of hydrogen-bond donors (Lipinski definition) is 3. The second-order valence-electron chi connectivity index (χ2n) is 3.72. The third kappa shape index (κ3) is 3.10. The smallest absolute Gasteiger partial charge is 0.373 e. The Kier molecular flexibility index (Phi) is 3.37. The zero-order chi connectivity index (χ0) is 13.2. The van der Waals surface area contributed by atoms with Crippen molar-refractivity contribution in [3.63, 3.8) is 0 Å². The van der Waals surface area contributed by atoms with Crippen molar-refractivity contribution in [3.05, 3.63) is 18.0 Å². The first-order valence-corrected chi connectivity index (χ1v) is 5.29. The Morgan fingerprint density at radius 3 is 2.72 bits per heavy atom. The second kappa shape index (κ2) is 4.81. The van der Waals surface area contributed by atoms with Crippen molar-refractivity contribution in [2.75, 3.05) is 18.9 Å². The van der Waals surface area contributed by atoms with Gasteiger partial charge in [0.2, 0.25) is 0 Å². The van der Waals surface area contributed by atoms with Crippen LogP contribution in [0.15, 0.2) is 12.1 Å². The first-order valence-electron chi connectivity index (χ1n) is 5.29. The van der Waals surface area contributed by atoms with Gasteiger partial charge in [0.1, 0.15) is 11.6 Å². The normalized spacial score (nSPS) is 12.0. The van der Waals surface area contributed by atoms with Crippen LogP contribution in [0.3, 0.4) is 0 Å². The number of aromatic nitrogens is 3. The number of hydrogen-bond acceptors (Lipinski definition) is 4. The molecule has 0 bridgehead atoms. The van der Waals surface area contributed by atoms with Gasteiger partial charge in [0.15, 0.2) is 5.65 Å². The van der Waals surface area contributed by atoms with Crippen LogP contribution in [0.5, 0.6) is 0 Å². The first kappa shape index (κ1) is 12.6. The fourth-order valence-corrected chi connectivity index (χ4v) is 1.49. The molecule has 0 spiro atoms. The number of H-pyrrole nitrogens is 1. The lowest BCUT2D eigenvalue weighted by atomic mass is 10.4. The van der Waals surface area contributed by atoms with Gasteiger partial charge in [-0.05, 0) is 12.1 Å². The van der Waals surface area contributed by atoms with E-state index in [1.165, 1.54) is 0 Å². The van der Waals surface area contributed by atoms with E-state index >= 15 is 0 Å². The van der Waals surface area contributed by atoms with Crippen LogP contribution in [0.2, 0.25) is 0 Å². The van der Waals surface area contributed by atoms with Crippen molar-refractivity contribution in [1.82, 2.24) is 20.3 Å². The van der Waals surface area contributed by atoms with Crippen LogP contribution in [0.1, 0.15) is 5.82 Å². The van der Waals surface area contributed by atoms with Crippen LogP contribution in [-0.4, -0.2) is 34.7 Å². The number of rotatable bonds is 4. The summed E-state index contributed by atoms with van der Waals surface area (Å²) in [5.41, 5.74) is 1.17. The van der Waals surface area contributed by atoms with Gasteiger partial charge >= 0.3 is 6.18 Å². The monoisotopic (exact) mass is 259 g/mol. The van der Waals surface area contributed by atoms with Crippen molar-refractivity contribution in [2.45, 2.75) is 12.7 Å². The summed E-state index contributed by atoms with van der Waals surface area (Å²) in [5, 5.41) is 5.13. The summed E-state index contributed by atoms with van der Waals surface area (Å²) in [4.78, 5) is 11.2. The zero-order valence-electron chi connectivity index (χ0n) is 9.60. The molecule has 8 heteroatoms. The summed E-state index contributed by atoms with van der Waals surface area (Å²) >= 11 is 0. The fraction of sp³-hybridized carbons (Fsp3) is 0.400. The number of alkyl halides is 3. The van der Waals surface area contributed by atoms with Crippen LogP contribution >= 0.6 is 0 Å². The molecule has 0 unspecified atom stereocenters. The number of imidazole rings is 1. The third-order valence-electron chi connectivity index (χ3n) is 2.27. The van der Waals surface area contributed by atoms with Crippen molar-refractivity contribution >= 4 is 17.0 Å². The molecule has 2 aromatic heterocycles. The lowest BCUT2D eigenvalue weighted by molar-refractivity contribution is -0.125. The van der Waals surface area contributed by atoms with E-state index in [1.54, 1.807) is 19.2 Å². The van der Waals surface area contributed by atoms with E-state index in [0.717, 1.165) is 0 Å². The van der Waals surface area contributed by atoms with E-state index in [-0.39, 0.29) is 6.54 Å². The molecule has 98 valence electrons. The Morgan fingerprint density at radius 2 is 2.06 bits per heavy atom. The minimum Gasteiger partial charge on any atom is -0.373 e. The predicted molar refractivity (Wildman–Crippen MR) is 61.2 cm³/mol. The summed E-state index contributed by atoms with van der Waals surface area (Å²) in [6.45, 7) is -1.02. The second-order valence-corrected chi connectivity index (χ2v) is 3.72. The number of aromatic amines is 1. The summed E-state index contributed by atoms with van der Waals surface area (Å²) in [6, 6.07) is 3.53. The Bertz CT molecular complexity index is 534. The van der Waals surface area contributed by atoms with E-state index < -0.39 is 12.7 Å². The molecule has 2 aromatic rings. The molecule has 2 rings (SSSR count). The number of nitrogens with one attached hydrogen (secondary N) is 3. The first-order chi connectivity index (χ1) is 8.48. The number of pyridine rings is 1. The largest absolute Gasteiger partial charge is 0.401 e. The summed E-state index contributed by atoms with van der Waals surface area (Å²) in [5.74, 6) is 1.08. The quantitative estimate of drug-likeness (QED) is 0.781. The molecule has 0 fully saturated rings. The number of nitrogens with zero attached hydrogens (tertiary/aromatic N) is 2. The van der Waals surface area contributed by atoms with Gasteiger partial charge in [-0.3, -0.25) is 0 Å². The van der Waals surface area contributed by atoms with Gasteiger partial charge in [-0.1, -0.05) is 0 Å². The molecular weight excluding hydrogens is 247 g/mol. The Morgan fingerprint density at radius 1 is 1.28 bits per heavy atom. The van der Waals surface area contributed by atoms with Crippen LogP contribution in [0.4, 0.5) is 19.0 Å². The fourth-order valence-electron chi connectivity index (χ4n) is 1.49. The van der Waals surface area contributed by atoms with Crippen molar-refractivity contribution in [1.29, 1.82) is 0 Å². The van der Waals surface area contributed by atoms with Gasteiger partial charge in [-0.15, -0.1) is 0 Å². The van der Waals surface area contributed by atoms with Gasteiger partial charge in [0, 0.05) is 7.05 Å². The topological polar surface area (TPSA) is 65.6 Å². The van der Waals surface area contributed by atoms with Crippen LogP contribution in [0.25, 0.3) is 11.2 Å². The van der Waals surface area contributed by atoms with Crippen LogP contribution in [0, 0.1) is 0 Å². The number of anilines is 1. The standard InChI is InChI=1S/C10H12F3N5/c1-14-7-3-2-6-9(17-7)18-8(16-6)4-15-5-10(11,12)13/h2-3,15H,4-5H2,1H3,(H2,14,16,17,18). The maximum atomic E-state index is 11.9. The third-order valence-corrected chi connectivity index (χ3v) is 2.27. The molecule has 3 N–H and O–H groups in total. The molecule has 0 saturated carbocycles. The van der Waals surface area contributed by atoms with Crippen molar-refractivity contribution < 1.29 is 13.2 Å². The van der Waals surface area contributed by atoms with Gasteiger partial charge in [-0.25, -0.2) is 9.97 Å². The average Bonchev–Trinajstić information content (AvgIpc) is 2.68. The number of fused-ring (bicyclic) bond motifs is 1. The Hall–Kier alpha value is -1.83. The maximum absolute atomic E-state index is 11.9. The van der Waals surface area contributed by atoms with Crippen molar-refractivity contribution in [3.8, 4) is 0 Å². The molecular formula is C10H12F3N5. The lowest BCUT2D eigenvalue weighted by Gasteiger charge is -2.05. The minimum absolute atomic E-state index is 0.0186. The zero-order valence-corrected chi connectivity index (χ0v) is 9.60. The van der Waals surface area contributed by atoms with Crippen LogP contribution < -0.4 is 10.6 Å². The molecule has 0 aromatic carbocycles. The molecule has 0 radical (unpaired) electrons. The Balaban J connectivity index is 2.06. The van der Waals surface area contributed by atoms with E-state index in [0.29, 0.717) is 22.8 Å². The molecule has 0 aliphatic carbocycles. The molecule has 2 heterocycles. The highest BCUT2D eigenvalue weighted by atomic mass is 19.4. The lowest BCUT2D eigenvalue weighted by Crippen LogP contribution is -2.28. The van der Waals surface area contributed by atoms with E-state index in [9.17, 15) is 13.2 Å². The highest BCUT2D eigenvalue weighted by Crippen LogP contribution is 2.14. The molecule has 0 amide bonds. The molecule has 0 aliphatic rings. The minimum atomic E-state index is -4.22. The molecule has 18 heavy (non-hydrogen) atoms. The summed E-state index contributed by atoms with van der Waals surface area (Å²) in [7, 11) is 1.73. The Labute approximate surface area is 101 Å². The average molecular weight is 259 g/mol. The van der Waals surface area contributed by atoms with E-state index in [4.69, 9.17) is 0 Å². The van der Waals surface area contributed by atoms with Gasteiger partial charge in [0.25, 0.3) is 0 Å². The summed E-state index contributed by atoms with van der Waals surface area (Å²) in [6.07, 6.45) is -4.22. The van der Waals surface area contributed by atoms with Gasteiger partial charge < -0.3 is 15.6 Å².